The van der Waals surface area contributed by atoms with Gasteiger partial charge in [0.2, 0.25) is 0 Å². The van der Waals surface area contributed by atoms with Crippen LogP contribution in [0.2, 0.25) is 0 Å². The number of benzene rings is 2. The minimum absolute atomic E-state index is 0.247. The van der Waals surface area contributed by atoms with E-state index in [1.807, 2.05) is 6.07 Å². The number of rotatable bonds is 5. The molecule has 1 atom stereocenters. The second kappa shape index (κ2) is 8.00. The molecule has 158 valence electrons. The molecule has 2 N–H and O–H groups in total. The van der Waals surface area contributed by atoms with E-state index < -0.39 is 17.5 Å². The Morgan fingerprint density at radius 2 is 1.61 bits per heavy atom. The summed E-state index contributed by atoms with van der Waals surface area (Å²) in [4.78, 5) is 12.6. The first-order chi connectivity index (χ1) is 14.7. The van der Waals surface area contributed by atoms with Gasteiger partial charge in [0.05, 0.1) is 23.4 Å². The zero-order valence-corrected chi connectivity index (χ0v) is 17.4. The molecular weight excluding hydrogens is 398 g/mol. The van der Waals surface area contributed by atoms with Gasteiger partial charge in [-0.2, -0.15) is 0 Å². The number of pyridine rings is 1. The van der Waals surface area contributed by atoms with Crippen molar-refractivity contribution in [3.63, 3.8) is 0 Å². The summed E-state index contributed by atoms with van der Waals surface area (Å²) in [6.07, 6.45) is 4.38. The van der Waals surface area contributed by atoms with E-state index in [-0.39, 0.29) is 11.5 Å². The van der Waals surface area contributed by atoms with Crippen molar-refractivity contribution in [2.45, 2.75) is 32.4 Å². The first kappa shape index (κ1) is 20.8. The summed E-state index contributed by atoms with van der Waals surface area (Å²) in [5.74, 6) is -0.571. The van der Waals surface area contributed by atoms with E-state index in [0.717, 1.165) is 11.8 Å². The van der Waals surface area contributed by atoms with Crippen LogP contribution in [-0.4, -0.2) is 20.1 Å². The molecule has 0 saturated carbocycles. The quantitative estimate of drug-likeness (QED) is 0.454. The number of nitrogens with one attached hydrogen (secondary N) is 1. The highest BCUT2D eigenvalue weighted by Crippen LogP contribution is 2.32. The minimum atomic E-state index is -1.14. The second-order valence-corrected chi connectivity index (χ2v) is 7.95. The van der Waals surface area contributed by atoms with E-state index in [2.05, 4.69) is 20.3 Å². The Bertz CT molecular complexity index is 1240. The van der Waals surface area contributed by atoms with Gasteiger partial charge in [0, 0.05) is 28.9 Å². The Kier molecular flexibility index (Phi) is 5.37. The summed E-state index contributed by atoms with van der Waals surface area (Å²) in [5, 5.41) is 13.7. The number of anilines is 1. The molecular formula is C24H22F2N4O. The topological polar surface area (TPSA) is 70.9 Å². The molecule has 0 aliphatic heterocycles. The fraction of sp³-hybridized carbons (Fsp3) is 0.208. The van der Waals surface area contributed by atoms with E-state index in [9.17, 15) is 13.9 Å². The zero-order valence-electron chi connectivity index (χ0n) is 17.4. The standard InChI is InChI=1S/C24H22F2N4O/c1-14(17-6-4-5-7-19(17)25)30-22-18-10-15(8-9-21(18)27-13-20(22)26)16-11-28-23(29-12-16)24(2,3)31/h4-14,31H,1-3H3,(H,27,30). The minimum Gasteiger partial charge on any atom is -0.382 e. The SMILES string of the molecule is CC(Nc1c(F)cnc2ccc(-c3cnc(C(C)(C)O)nc3)cc12)c1ccccc1F. The van der Waals surface area contributed by atoms with Gasteiger partial charge in [-0.25, -0.2) is 18.7 Å². The molecule has 1 unspecified atom stereocenters. The molecule has 0 radical (unpaired) electrons. The van der Waals surface area contributed by atoms with E-state index in [0.29, 0.717) is 27.9 Å². The third-order valence-electron chi connectivity index (χ3n) is 5.09. The first-order valence-corrected chi connectivity index (χ1v) is 9.88. The number of hydrogen-bond acceptors (Lipinski definition) is 5. The average Bonchev–Trinajstić information content (AvgIpc) is 2.75. The molecule has 7 heteroatoms. The number of aliphatic hydroxyl groups is 1. The molecule has 0 aliphatic carbocycles. The van der Waals surface area contributed by atoms with Crippen LogP contribution in [0.15, 0.2) is 61.1 Å². The van der Waals surface area contributed by atoms with Crippen LogP contribution in [0.3, 0.4) is 0 Å². The number of fused-ring (bicyclic) bond motifs is 1. The summed E-state index contributed by atoms with van der Waals surface area (Å²) in [7, 11) is 0. The lowest BCUT2D eigenvalue weighted by Crippen LogP contribution is -2.19. The van der Waals surface area contributed by atoms with Crippen LogP contribution in [0.5, 0.6) is 0 Å². The van der Waals surface area contributed by atoms with Crippen LogP contribution in [0, 0.1) is 11.6 Å². The molecule has 0 spiro atoms. The molecule has 2 aromatic heterocycles. The Balaban J connectivity index is 1.74. The van der Waals surface area contributed by atoms with Crippen molar-refractivity contribution in [2.24, 2.45) is 0 Å². The van der Waals surface area contributed by atoms with Crippen LogP contribution in [0.25, 0.3) is 22.0 Å². The maximum absolute atomic E-state index is 14.7. The summed E-state index contributed by atoms with van der Waals surface area (Å²) in [5.41, 5.74) is 1.63. The van der Waals surface area contributed by atoms with Gasteiger partial charge in [-0.3, -0.25) is 4.98 Å². The Labute approximate surface area is 178 Å². The van der Waals surface area contributed by atoms with Crippen molar-refractivity contribution in [3.8, 4) is 11.1 Å². The smallest absolute Gasteiger partial charge is 0.165 e. The molecule has 5 nitrogen and oxygen atoms in total. The third-order valence-corrected chi connectivity index (χ3v) is 5.09. The van der Waals surface area contributed by atoms with E-state index >= 15 is 0 Å². The highest BCUT2D eigenvalue weighted by Gasteiger charge is 2.20. The van der Waals surface area contributed by atoms with Gasteiger partial charge >= 0.3 is 0 Å². The molecule has 4 aromatic rings. The molecule has 0 fully saturated rings. The Hall–Kier alpha value is -3.45. The van der Waals surface area contributed by atoms with Crippen LogP contribution < -0.4 is 5.32 Å². The van der Waals surface area contributed by atoms with E-state index in [1.54, 1.807) is 63.5 Å². The Morgan fingerprint density at radius 1 is 0.903 bits per heavy atom. The van der Waals surface area contributed by atoms with Crippen molar-refractivity contribution in [2.75, 3.05) is 5.32 Å². The highest BCUT2D eigenvalue weighted by molar-refractivity contribution is 5.94. The molecule has 0 aliphatic rings. The van der Waals surface area contributed by atoms with Crippen LogP contribution in [-0.2, 0) is 5.60 Å². The molecule has 31 heavy (non-hydrogen) atoms. The molecule has 2 aromatic carbocycles. The summed E-state index contributed by atoms with van der Waals surface area (Å²) >= 11 is 0. The van der Waals surface area contributed by atoms with E-state index in [4.69, 9.17) is 0 Å². The molecule has 0 amide bonds. The van der Waals surface area contributed by atoms with Crippen LogP contribution >= 0.6 is 0 Å². The van der Waals surface area contributed by atoms with Crippen LogP contribution in [0.4, 0.5) is 14.5 Å². The second-order valence-electron chi connectivity index (χ2n) is 7.95. The average molecular weight is 420 g/mol. The van der Waals surface area contributed by atoms with Gasteiger partial charge in [-0.05, 0) is 44.5 Å². The van der Waals surface area contributed by atoms with Crippen molar-refractivity contribution >= 4 is 16.6 Å². The number of hydrogen-bond donors (Lipinski definition) is 2. The molecule has 4 rings (SSSR count). The molecule has 2 heterocycles. The van der Waals surface area contributed by atoms with Gasteiger partial charge in [-0.1, -0.05) is 24.3 Å². The van der Waals surface area contributed by atoms with Crippen molar-refractivity contribution in [3.05, 3.63) is 84.1 Å². The monoisotopic (exact) mass is 420 g/mol. The lowest BCUT2D eigenvalue weighted by atomic mass is 10.0. The molecule has 0 saturated heterocycles. The van der Waals surface area contributed by atoms with Crippen LogP contribution in [0.1, 0.15) is 38.2 Å². The fourth-order valence-corrected chi connectivity index (χ4v) is 3.41. The largest absolute Gasteiger partial charge is 0.382 e. The van der Waals surface area contributed by atoms with Gasteiger partial charge in [0.1, 0.15) is 11.4 Å². The lowest BCUT2D eigenvalue weighted by molar-refractivity contribution is 0.0687. The van der Waals surface area contributed by atoms with Crippen molar-refractivity contribution in [1.29, 1.82) is 0 Å². The van der Waals surface area contributed by atoms with Gasteiger partial charge in [0.25, 0.3) is 0 Å². The molecule has 0 bridgehead atoms. The number of aromatic nitrogens is 3. The summed E-state index contributed by atoms with van der Waals surface area (Å²) in [6, 6.07) is 11.4. The van der Waals surface area contributed by atoms with Crippen molar-refractivity contribution < 1.29 is 13.9 Å². The maximum Gasteiger partial charge on any atom is 0.165 e. The Morgan fingerprint density at radius 3 is 2.29 bits per heavy atom. The summed E-state index contributed by atoms with van der Waals surface area (Å²) < 4.78 is 28.9. The van der Waals surface area contributed by atoms with Gasteiger partial charge in [-0.15, -0.1) is 0 Å². The predicted octanol–water partition coefficient (Wildman–Crippen LogP) is 5.37. The maximum atomic E-state index is 14.7. The van der Waals surface area contributed by atoms with Gasteiger partial charge < -0.3 is 10.4 Å². The number of nitrogens with zero attached hydrogens (tertiary/aromatic N) is 3. The fourth-order valence-electron chi connectivity index (χ4n) is 3.41. The number of halogens is 2. The predicted molar refractivity (Wildman–Crippen MR) is 116 cm³/mol. The summed E-state index contributed by atoms with van der Waals surface area (Å²) in [6.45, 7) is 5.00. The third kappa shape index (κ3) is 4.22. The highest BCUT2D eigenvalue weighted by atomic mass is 19.1. The normalized spacial score (nSPS) is 12.7. The first-order valence-electron chi connectivity index (χ1n) is 9.88. The van der Waals surface area contributed by atoms with E-state index in [1.165, 1.54) is 6.07 Å². The van der Waals surface area contributed by atoms with Gasteiger partial charge in [0.15, 0.2) is 11.6 Å². The van der Waals surface area contributed by atoms with Crippen molar-refractivity contribution in [1.82, 2.24) is 15.0 Å². The lowest BCUT2D eigenvalue weighted by Gasteiger charge is -2.19. The zero-order chi connectivity index (χ0) is 22.2.